The summed E-state index contributed by atoms with van der Waals surface area (Å²) in [4.78, 5) is 4.16. The van der Waals surface area contributed by atoms with E-state index in [2.05, 4.69) is 9.71 Å². The Kier molecular flexibility index (Phi) is 5.39. The number of hydrogen-bond donors (Lipinski definition) is 2. The average molecular weight is 342 g/mol. The van der Waals surface area contributed by atoms with Gasteiger partial charge in [-0.2, -0.15) is 0 Å². The Morgan fingerprint density at radius 3 is 2.73 bits per heavy atom. The van der Waals surface area contributed by atoms with E-state index in [0.29, 0.717) is 10.8 Å². The van der Waals surface area contributed by atoms with E-state index in [1.165, 1.54) is 6.20 Å². The van der Waals surface area contributed by atoms with Gasteiger partial charge in [-0.25, -0.2) is 18.1 Å². The van der Waals surface area contributed by atoms with Crippen LogP contribution in [0.3, 0.4) is 0 Å². The lowest BCUT2D eigenvalue weighted by Crippen LogP contribution is -2.45. The summed E-state index contributed by atoms with van der Waals surface area (Å²) in [7, 11) is -3.68. The molecule has 0 bridgehead atoms. The van der Waals surface area contributed by atoms with Crippen LogP contribution in [0.5, 0.6) is 0 Å². The summed E-state index contributed by atoms with van der Waals surface area (Å²) in [6, 6.07) is 6.03. The summed E-state index contributed by atoms with van der Waals surface area (Å²) in [5.41, 5.74) is 5.99. The van der Waals surface area contributed by atoms with Crippen molar-refractivity contribution in [3.8, 4) is 0 Å². The first-order valence-electron chi connectivity index (χ1n) is 7.18. The zero-order chi connectivity index (χ0) is 16.3. The summed E-state index contributed by atoms with van der Waals surface area (Å²) < 4.78 is 27.9. The van der Waals surface area contributed by atoms with Crippen LogP contribution in [0.1, 0.15) is 26.7 Å². The number of sulfonamides is 1. The standard InChI is InChI=1S/C15H20ClN3O2S/c1-3-5-13(17)10(2)19-22(20,21)14-7-4-6-12-11(14)8-9-18-15(12)16/h4,6-10,13,19H,3,5,17H2,1-2H3. The van der Waals surface area contributed by atoms with Gasteiger partial charge in [-0.15, -0.1) is 0 Å². The molecule has 120 valence electrons. The predicted octanol–water partition coefficient (Wildman–Crippen LogP) is 2.68. The van der Waals surface area contributed by atoms with Gasteiger partial charge in [-0.1, -0.05) is 37.1 Å². The highest BCUT2D eigenvalue weighted by Crippen LogP contribution is 2.27. The fourth-order valence-electron chi connectivity index (χ4n) is 2.36. The second-order valence-corrected chi connectivity index (χ2v) is 7.36. The zero-order valence-electron chi connectivity index (χ0n) is 12.6. The van der Waals surface area contributed by atoms with E-state index in [-0.39, 0.29) is 22.1 Å². The smallest absolute Gasteiger partial charge is 0.241 e. The van der Waals surface area contributed by atoms with Gasteiger partial charge < -0.3 is 5.73 Å². The van der Waals surface area contributed by atoms with Gasteiger partial charge in [-0.05, 0) is 25.5 Å². The van der Waals surface area contributed by atoms with E-state index in [0.717, 1.165) is 12.8 Å². The van der Waals surface area contributed by atoms with E-state index in [9.17, 15) is 8.42 Å². The number of nitrogens with two attached hydrogens (primary N) is 1. The highest BCUT2D eigenvalue weighted by atomic mass is 35.5. The molecule has 2 unspecified atom stereocenters. The maximum atomic E-state index is 12.6. The van der Waals surface area contributed by atoms with Gasteiger partial charge in [0.05, 0.1) is 4.90 Å². The Morgan fingerprint density at radius 1 is 1.32 bits per heavy atom. The summed E-state index contributed by atoms with van der Waals surface area (Å²) in [5, 5.41) is 1.44. The minimum atomic E-state index is -3.68. The van der Waals surface area contributed by atoms with Crippen molar-refractivity contribution >= 4 is 32.4 Å². The molecule has 0 saturated carbocycles. The van der Waals surface area contributed by atoms with Crippen molar-refractivity contribution in [3.63, 3.8) is 0 Å². The van der Waals surface area contributed by atoms with Crippen LogP contribution in [0.25, 0.3) is 10.8 Å². The SMILES string of the molecule is CCCC(N)C(C)NS(=O)(=O)c1cccc2c(Cl)nccc12. The van der Waals surface area contributed by atoms with Crippen molar-refractivity contribution in [2.45, 2.75) is 43.7 Å². The highest BCUT2D eigenvalue weighted by molar-refractivity contribution is 7.89. The molecule has 5 nitrogen and oxygen atoms in total. The molecule has 1 aromatic carbocycles. The maximum absolute atomic E-state index is 12.6. The van der Waals surface area contributed by atoms with Gasteiger partial charge in [0.2, 0.25) is 10.0 Å². The molecule has 0 fully saturated rings. The van der Waals surface area contributed by atoms with Gasteiger partial charge in [0, 0.05) is 29.1 Å². The average Bonchev–Trinajstić information content (AvgIpc) is 2.47. The van der Waals surface area contributed by atoms with Crippen molar-refractivity contribution in [2.24, 2.45) is 5.73 Å². The zero-order valence-corrected chi connectivity index (χ0v) is 14.2. The number of benzene rings is 1. The van der Waals surface area contributed by atoms with Crippen LogP contribution in [0.2, 0.25) is 5.15 Å². The summed E-state index contributed by atoms with van der Waals surface area (Å²) in [6.07, 6.45) is 3.16. The number of rotatable bonds is 6. The third kappa shape index (κ3) is 3.57. The lowest BCUT2D eigenvalue weighted by Gasteiger charge is -2.21. The molecule has 0 aliphatic rings. The molecule has 0 radical (unpaired) electrons. The highest BCUT2D eigenvalue weighted by Gasteiger charge is 2.23. The van der Waals surface area contributed by atoms with E-state index >= 15 is 0 Å². The van der Waals surface area contributed by atoms with Crippen molar-refractivity contribution in [1.29, 1.82) is 0 Å². The minimum absolute atomic E-state index is 0.185. The molecule has 22 heavy (non-hydrogen) atoms. The van der Waals surface area contributed by atoms with E-state index < -0.39 is 10.0 Å². The molecule has 0 aliphatic carbocycles. The van der Waals surface area contributed by atoms with Crippen LogP contribution in [0.4, 0.5) is 0 Å². The van der Waals surface area contributed by atoms with Crippen LogP contribution < -0.4 is 10.5 Å². The lowest BCUT2D eigenvalue weighted by molar-refractivity contribution is 0.476. The van der Waals surface area contributed by atoms with Gasteiger partial charge in [0.25, 0.3) is 0 Å². The molecule has 1 aromatic heterocycles. The fourth-order valence-corrected chi connectivity index (χ4v) is 4.09. The molecular weight excluding hydrogens is 322 g/mol. The second-order valence-electron chi connectivity index (χ2n) is 5.32. The Morgan fingerprint density at radius 2 is 2.05 bits per heavy atom. The molecule has 7 heteroatoms. The normalized spacial score (nSPS) is 14.9. The van der Waals surface area contributed by atoms with Crippen molar-refractivity contribution < 1.29 is 8.42 Å². The number of nitrogens with one attached hydrogen (secondary N) is 1. The maximum Gasteiger partial charge on any atom is 0.241 e. The van der Waals surface area contributed by atoms with Crippen molar-refractivity contribution in [3.05, 3.63) is 35.6 Å². The molecule has 0 amide bonds. The Hall–Kier alpha value is -1.21. The summed E-state index contributed by atoms with van der Waals surface area (Å²) >= 11 is 6.03. The monoisotopic (exact) mass is 341 g/mol. The molecule has 1 heterocycles. The Bertz CT molecular complexity index is 764. The van der Waals surface area contributed by atoms with Gasteiger partial charge >= 0.3 is 0 Å². The van der Waals surface area contributed by atoms with Crippen LogP contribution in [-0.2, 0) is 10.0 Å². The molecule has 2 aromatic rings. The topological polar surface area (TPSA) is 85.1 Å². The third-order valence-electron chi connectivity index (χ3n) is 3.61. The van der Waals surface area contributed by atoms with Gasteiger partial charge in [-0.3, -0.25) is 0 Å². The molecular formula is C15H20ClN3O2S. The van der Waals surface area contributed by atoms with E-state index in [4.69, 9.17) is 17.3 Å². The molecule has 2 rings (SSSR count). The summed E-state index contributed by atoms with van der Waals surface area (Å²) in [6.45, 7) is 3.79. The Balaban J connectivity index is 2.40. The molecule has 2 atom stereocenters. The number of nitrogens with zero attached hydrogens (tertiary/aromatic N) is 1. The number of pyridine rings is 1. The van der Waals surface area contributed by atoms with Crippen molar-refractivity contribution in [1.82, 2.24) is 9.71 Å². The lowest BCUT2D eigenvalue weighted by atomic mass is 10.1. The molecule has 0 aliphatic heterocycles. The Labute approximate surface area is 135 Å². The van der Waals surface area contributed by atoms with Gasteiger partial charge in [0.15, 0.2) is 0 Å². The first kappa shape index (κ1) is 17.1. The number of fused-ring (bicyclic) bond motifs is 1. The van der Waals surface area contributed by atoms with Gasteiger partial charge in [0.1, 0.15) is 5.15 Å². The van der Waals surface area contributed by atoms with Crippen LogP contribution in [0.15, 0.2) is 35.4 Å². The predicted molar refractivity (Wildman–Crippen MR) is 89.4 cm³/mol. The number of aromatic nitrogens is 1. The second kappa shape index (κ2) is 6.91. The van der Waals surface area contributed by atoms with Crippen LogP contribution in [-0.4, -0.2) is 25.5 Å². The summed E-state index contributed by atoms with van der Waals surface area (Å²) in [5.74, 6) is 0. The first-order valence-corrected chi connectivity index (χ1v) is 9.04. The van der Waals surface area contributed by atoms with Crippen LogP contribution in [0, 0.1) is 0 Å². The third-order valence-corrected chi connectivity index (χ3v) is 5.53. The van der Waals surface area contributed by atoms with E-state index in [1.54, 1.807) is 31.2 Å². The van der Waals surface area contributed by atoms with E-state index in [1.807, 2.05) is 6.92 Å². The van der Waals surface area contributed by atoms with Crippen LogP contribution >= 0.6 is 11.6 Å². The molecule has 0 spiro atoms. The largest absolute Gasteiger partial charge is 0.326 e. The first-order chi connectivity index (χ1) is 10.4. The molecule has 3 N–H and O–H groups in total. The quantitative estimate of drug-likeness (QED) is 0.791. The molecule has 0 saturated heterocycles. The fraction of sp³-hybridized carbons (Fsp3) is 0.400. The number of hydrogen-bond acceptors (Lipinski definition) is 4. The van der Waals surface area contributed by atoms with Crippen molar-refractivity contribution in [2.75, 3.05) is 0 Å². The minimum Gasteiger partial charge on any atom is -0.326 e. The number of halogens is 1.